The van der Waals surface area contributed by atoms with Crippen molar-refractivity contribution in [1.82, 2.24) is 29.5 Å². The van der Waals surface area contributed by atoms with Gasteiger partial charge in [0.15, 0.2) is 0 Å². The maximum atomic E-state index is 12.9. The van der Waals surface area contributed by atoms with E-state index in [4.69, 9.17) is 9.40 Å². The summed E-state index contributed by atoms with van der Waals surface area (Å²) in [6.45, 7) is 8.19. The molecule has 0 unspecified atom stereocenters. The molecule has 38 heavy (non-hydrogen) atoms. The fraction of sp³-hybridized carbons (Fsp3) is 0.296. The third-order valence-corrected chi connectivity index (χ3v) is 6.25. The van der Waals surface area contributed by atoms with Crippen LogP contribution in [0.5, 0.6) is 0 Å². The Morgan fingerprint density at radius 1 is 1.11 bits per heavy atom. The first kappa shape index (κ1) is 25.2. The first-order chi connectivity index (χ1) is 18.4. The van der Waals surface area contributed by atoms with Gasteiger partial charge in [-0.15, -0.1) is 10.2 Å². The van der Waals surface area contributed by atoms with Crippen LogP contribution in [0.2, 0.25) is 0 Å². The molecular weight excluding hydrogens is 484 g/mol. The molecule has 5 rings (SSSR count). The summed E-state index contributed by atoms with van der Waals surface area (Å²) in [4.78, 5) is 22.0. The number of benzene rings is 2. The van der Waals surface area contributed by atoms with Crippen LogP contribution >= 0.6 is 0 Å². The fourth-order valence-corrected chi connectivity index (χ4v) is 4.53. The number of aryl methyl sites for hydroxylation is 1. The van der Waals surface area contributed by atoms with Gasteiger partial charge in [-0.1, -0.05) is 30.3 Å². The van der Waals surface area contributed by atoms with E-state index in [-0.39, 0.29) is 24.1 Å². The van der Waals surface area contributed by atoms with Gasteiger partial charge < -0.3 is 20.2 Å². The van der Waals surface area contributed by atoms with Gasteiger partial charge in [-0.3, -0.25) is 9.48 Å². The van der Waals surface area contributed by atoms with Gasteiger partial charge in [-0.2, -0.15) is 4.98 Å². The molecule has 0 saturated carbocycles. The Balaban J connectivity index is 1.53. The number of hydrogen-bond donors (Lipinski definition) is 3. The minimum atomic E-state index is -0.424. The van der Waals surface area contributed by atoms with Crippen LogP contribution in [0, 0.1) is 6.92 Å². The van der Waals surface area contributed by atoms with Crippen molar-refractivity contribution in [2.75, 3.05) is 17.2 Å². The first-order valence-electron chi connectivity index (χ1n) is 12.5. The third-order valence-electron chi connectivity index (χ3n) is 6.25. The standard InChI is InChI=1S/C27H30N8O3/c1-5-34-26(37)20-12-11-19(13-23(20)35(34)16(2)3)29-27-28-14-21(25-33-32-17(4)38-25)24(31-27)30-22(15-36)18-9-7-6-8-10-18/h6-14,16,22,36H,5,15H2,1-4H3,(H2,28,29,30,31)/t22-/m1/s1. The number of nitrogens with one attached hydrogen (secondary N) is 2. The van der Waals surface area contributed by atoms with Crippen LogP contribution in [-0.4, -0.2) is 41.2 Å². The molecule has 0 aliphatic carbocycles. The van der Waals surface area contributed by atoms with E-state index in [1.54, 1.807) is 17.8 Å². The molecule has 0 radical (unpaired) electrons. The molecule has 0 saturated heterocycles. The molecule has 5 aromatic rings. The van der Waals surface area contributed by atoms with Gasteiger partial charge in [-0.25, -0.2) is 9.67 Å². The van der Waals surface area contributed by atoms with Crippen molar-refractivity contribution in [3.63, 3.8) is 0 Å². The number of aromatic nitrogens is 6. The minimum absolute atomic E-state index is 0.0133. The number of aliphatic hydroxyl groups excluding tert-OH is 1. The van der Waals surface area contributed by atoms with Gasteiger partial charge in [-0.05, 0) is 44.5 Å². The summed E-state index contributed by atoms with van der Waals surface area (Å²) in [7, 11) is 0. The lowest BCUT2D eigenvalue weighted by atomic mass is 10.1. The summed E-state index contributed by atoms with van der Waals surface area (Å²) in [5.41, 5.74) is 2.95. The molecule has 0 bridgehead atoms. The van der Waals surface area contributed by atoms with Crippen LogP contribution in [0.3, 0.4) is 0 Å². The second kappa shape index (κ2) is 10.5. The maximum Gasteiger partial charge on any atom is 0.274 e. The predicted molar refractivity (Wildman–Crippen MR) is 145 cm³/mol. The molecule has 0 spiro atoms. The van der Waals surface area contributed by atoms with Crippen LogP contribution in [-0.2, 0) is 6.54 Å². The highest BCUT2D eigenvalue weighted by Gasteiger charge is 2.20. The number of nitrogens with zero attached hydrogens (tertiary/aromatic N) is 6. The summed E-state index contributed by atoms with van der Waals surface area (Å²) in [5, 5.41) is 25.4. The van der Waals surface area contributed by atoms with E-state index in [0.717, 1.165) is 16.8 Å². The van der Waals surface area contributed by atoms with E-state index < -0.39 is 6.04 Å². The molecule has 3 heterocycles. The Bertz CT molecular complexity index is 1620. The van der Waals surface area contributed by atoms with Crippen molar-refractivity contribution in [3.8, 4) is 11.5 Å². The molecule has 0 aliphatic rings. The summed E-state index contributed by atoms with van der Waals surface area (Å²) in [6.07, 6.45) is 1.60. The van der Waals surface area contributed by atoms with Crippen LogP contribution in [0.4, 0.5) is 17.5 Å². The first-order valence-corrected chi connectivity index (χ1v) is 12.5. The smallest absolute Gasteiger partial charge is 0.274 e. The molecule has 3 aromatic heterocycles. The quantitative estimate of drug-likeness (QED) is 0.261. The average Bonchev–Trinajstić information content (AvgIpc) is 3.48. The Kier molecular flexibility index (Phi) is 6.93. The molecule has 2 aromatic carbocycles. The molecule has 0 amide bonds. The zero-order valence-corrected chi connectivity index (χ0v) is 21.7. The third kappa shape index (κ3) is 4.75. The zero-order valence-electron chi connectivity index (χ0n) is 21.7. The van der Waals surface area contributed by atoms with Gasteiger partial charge >= 0.3 is 0 Å². The number of hydrogen-bond acceptors (Lipinski definition) is 9. The normalized spacial score (nSPS) is 12.3. The fourth-order valence-electron chi connectivity index (χ4n) is 4.53. The SMILES string of the molecule is CCn1c(=O)c2ccc(Nc3ncc(-c4nnc(C)o4)c(N[C@H](CO)c4ccccc4)n3)cc2n1C(C)C. The second-order valence-corrected chi connectivity index (χ2v) is 9.19. The van der Waals surface area contributed by atoms with Crippen LogP contribution in [0.25, 0.3) is 22.4 Å². The van der Waals surface area contributed by atoms with Crippen molar-refractivity contribution in [2.24, 2.45) is 0 Å². The van der Waals surface area contributed by atoms with Gasteiger partial charge in [0.05, 0.1) is 29.1 Å². The predicted octanol–water partition coefficient (Wildman–Crippen LogP) is 4.44. The lowest BCUT2D eigenvalue weighted by Gasteiger charge is -2.19. The molecule has 196 valence electrons. The van der Waals surface area contributed by atoms with E-state index in [2.05, 4.69) is 39.7 Å². The van der Waals surface area contributed by atoms with E-state index in [9.17, 15) is 9.90 Å². The summed E-state index contributed by atoms with van der Waals surface area (Å²) < 4.78 is 9.39. The van der Waals surface area contributed by atoms with Gasteiger partial charge in [0, 0.05) is 31.4 Å². The van der Waals surface area contributed by atoms with E-state index in [0.29, 0.717) is 35.2 Å². The molecule has 1 atom stereocenters. The van der Waals surface area contributed by atoms with Gasteiger partial charge in [0.2, 0.25) is 11.8 Å². The van der Waals surface area contributed by atoms with E-state index >= 15 is 0 Å². The highest BCUT2D eigenvalue weighted by atomic mass is 16.4. The average molecular weight is 515 g/mol. The Morgan fingerprint density at radius 3 is 2.55 bits per heavy atom. The monoisotopic (exact) mass is 514 g/mol. The van der Waals surface area contributed by atoms with Crippen molar-refractivity contribution < 1.29 is 9.52 Å². The zero-order chi connectivity index (χ0) is 26.8. The lowest BCUT2D eigenvalue weighted by Crippen LogP contribution is -2.23. The van der Waals surface area contributed by atoms with Crippen molar-refractivity contribution in [1.29, 1.82) is 0 Å². The molecule has 3 N–H and O–H groups in total. The largest absolute Gasteiger partial charge is 0.421 e. The summed E-state index contributed by atoms with van der Waals surface area (Å²) in [5.74, 6) is 1.43. The molecule has 11 nitrogen and oxygen atoms in total. The minimum Gasteiger partial charge on any atom is -0.421 e. The van der Waals surface area contributed by atoms with E-state index in [1.807, 2.05) is 60.1 Å². The molecule has 11 heteroatoms. The Morgan fingerprint density at radius 2 is 1.89 bits per heavy atom. The summed E-state index contributed by atoms with van der Waals surface area (Å²) in [6, 6.07) is 14.9. The molecular formula is C27H30N8O3. The van der Waals surface area contributed by atoms with Crippen molar-refractivity contribution >= 4 is 28.4 Å². The number of anilines is 3. The van der Waals surface area contributed by atoms with Crippen molar-refractivity contribution in [3.05, 3.63) is 76.5 Å². The number of fused-ring (bicyclic) bond motifs is 1. The van der Waals surface area contributed by atoms with E-state index in [1.165, 1.54) is 0 Å². The highest BCUT2D eigenvalue weighted by Crippen LogP contribution is 2.30. The van der Waals surface area contributed by atoms with Crippen LogP contribution in [0.15, 0.2) is 63.9 Å². The van der Waals surface area contributed by atoms with Crippen LogP contribution < -0.4 is 16.2 Å². The topological polar surface area (TPSA) is 136 Å². The Labute approximate surface area is 219 Å². The van der Waals surface area contributed by atoms with Gasteiger partial charge in [0.25, 0.3) is 11.4 Å². The maximum absolute atomic E-state index is 12.9. The lowest BCUT2D eigenvalue weighted by molar-refractivity contribution is 0.276. The molecule has 0 fully saturated rings. The Hall–Kier alpha value is -4.51. The second-order valence-electron chi connectivity index (χ2n) is 9.19. The number of rotatable bonds is 9. The van der Waals surface area contributed by atoms with Crippen molar-refractivity contribution in [2.45, 2.75) is 46.3 Å². The summed E-state index contributed by atoms with van der Waals surface area (Å²) >= 11 is 0. The van der Waals surface area contributed by atoms with Gasteiger partial charge in [0.1, 0.15) is 5.82 Å². The molecule has 0 aliphatic heterocycles. The van der Waals surface area contributed by atoms with Crippen LogP contribution in [0.1, 0.15) is 44.3 Å². The highest BCUT2D eigenvalue weighted by molar-refractivity contribution is 5.83. The number of aliphatic hydroxyl groups is 1.